The number of aryl methyl sites for hydroxylation is 1. The molecule has 0 fully saturated rings. The third kappa shape index (κ3) is 3.44. The van der Waals surface area contributed by atoms with E-state index in [1.54, 1.807) is 6.07 Å². The average molecular weight is 497 g/mol. The standard InChI is InChI=1S/C24H20INO3/c1-13(2)12-29-20-7-5-6-15-8-9-19(26-22(15)20)21-23(27)16-10-14(3)18(25-4)11-17(16)24(21)28/h5-11,21H,1,4,12H2,2-3H3. The maximum atomic E-state index is 13.1. The van der Waals surface area contributed by atoms with E-state index in [0.29, 0.717) is 34.7 Å². The largest absolute Gasteiger partial charge is 0.487 e. The zero-order valence-corrected chi connectivity index (χ0v) is 18.4. The minimum atomic E-state index is -0.902. The maximum absolute atomic E-state index is 13.1. The van der Waals surface area contributed by atoms with Crippen molar-refractivity contribution in [1.29, 1.82) is 0 Å². The number of ether oxygens (including phenoxy) is 1. The SMILES string of the molecule is C=Ic1cc2c(cc1C)C(=O)C(c1ccc3cccc(OCC(=C)C)c3n1)C2=O. The quantitative estimate of drug-likeness (QED) is 0.275. The van der Waals surface area contributed by atoms with Gasteiger partial charge in [0.25, 0.3) is 0 Å². The number of Topliss-reactive ketones (excluding diaryl/α,β-unsaturated/α-hetero) is 2. The van der Waals surface area contributed by atoms with Crippen LogP contribution in [-0.2, 0) is 0 Å². The van der Waals surface area contributed by atoms with Crippen molar-refractivity contribution >= 4 is 47.7 Å². The Morgan fingerprint density at radius 1 is 1.14 bits per heavy atom. The number of para-hydroxylation sites is 1. The predicted octanol–water partition coefficient (Wildman–Crippen LogP) is 5.23. The van der Waals surface area contributed by atoms with Crippen LogP contribution in [0.5, 0.6) is 5.75 Å². The first-order valence-corrected chi connectivity index (χ1v) is 11.8. The molecule has 1 aliphatic rings. The van der Waals surface area contributed by atoms with Crippen LogP contribution >= 0.6 is 20.7 Å². The molecule has 0 spiro atoms. The Morgan fingerprint density at radius 3 is 2.55 bits per heavy atom. The van der Waals surface area contributed by atoms with Gasteiger partial charge in [-0.15, -0.1) is 0 Å². The van der Waals surface area contributed by atoms with Gasteiger partial charge in [0, 0.05) is 20.1 Å². The van der Waals surface area contributed by atoms with Crippen LogP contribution < -0.4 is 4.74 Å². The van der Waals surface area contributed by atoms with E-state index in [9.17, 15) is 9.59 Å². The molecule has 29 heavy (non-hydrogen) atoms. The van der Waals surface area contributed by atoms with Crippen molar-refractivity contribution in [2.45, 2.75) is 19.8 Å². The summed E-state index contributed by atoms with van der Waals surface area (Å²) in [6.45, 7) is 8.09. The monoisotopic (exact) mass is 497 g/mol. The van der Waals surface area contributed by atoms with Crippen LogP contribution in [0, 0.1) is 10.5 Å². The van der Waals surface area contributed by atoms with Crippen LogP contribution in [-0.4, -0.2) is 27.7 Å². The fourth-order valence-electron chi connectivity index (χ4n) is 3.55. The zero-order valence-electron chi connectivity index (χ0n) is 16.3. The fourth-order valence-corrected chi connectivity index (χ4v) is 4.83. The zero-order chi connectivity index (χ0) is 20.7. The molecular weight excluding hydrogens is 477 g/mol. The van der Waals surface area contributed by atoms with Gasteiger partial charge < -0.3 is 4.74 Å². The number of pyridine rings is 1. The summed E-state index contributed by atoms with van der Waals surface area (Å²) >= 11 is -0.415. The van der Waals surface area contributed by atoms with Crippen LogP contribution in [0.3, 0.4) is 0 Å². The molecule has 5 heteroatoms. The van der Waals surface area contributed by atoms with E-state index in [1.165, 1.54) is 0 Å². The Morgan fingerprint density at radius 2 is 1.86 bits per heavy atom. The molecule has 1 atom stereocenters. The minimum absolute atomic E-state index is 0.184. The highest BCUT2D eigenvalue weighted by Crippen LogP contribution is 2.37. The van der Waals surface area contributed by atoms with E-state index >= 15 is 0 Å². The third-order valence-electron chi connectivity index (χ3n) is 4.97. The molecule has 0 aliphatic heterocycles. The second kappa shape index (κ2) is 7.63. The van der Waals surface area contributed by atoms with Crippen LogP contribution in [0.4, 0.5) is 0 Å². The van der Waals surface area contributed by atoms with Gasteiger partial charge in [0.15, 0.2) is 11.6 Å². The molecule has 0 saturated carbocycles. The molecule has 0 radical (unpaired) electrons. The lowest BCUT2D eigenvalue weighted by Gasteiger charge is -2.11. The maximum Gasteiger partial charge on any atom is 0.180 e. The first-order chi connectivity index (χ1) is 13.9. The van der Waals surface area contributed by atoms with Gasteiger partial charge in [0.1, 0.15) is 23.8 Å². The van der Waals surface area contributed by atoms with Crippen molar-refractivity contribution in [3.8, 4) is 5.75 Å². The first kappa shape index (κ1) is 19.6. The second-order valence-electron chi connectivity index (χ2n) is 7.25. The molecule has 1 aliphatic carbocycles. The summed E-state index contributed by atoms with van der Waals surface area (Å²) in [5.74, 6) is -0.658. The molecular formula is C24H20INO3. The molecule has 0 amide bonds. The fraction of sp³-hybridized carbons (Fsp3) is 0.167. The van der Waals surface area contributed by atoms with E-state index in [1.807, 2.05) is 50.2 Å². The number of carbonyl (C=O) groups is 2. The number of fused-ring (bicyclic) bond motifs is 2. The van der Waals surface area contributed by atoms with E-state index in [4.69, 9.17) is 4.74 Å². The molecule has 4 rings (SSSR count). The van der Waals surface area contributed by atoms with Crippen molar-refractivity contribution in [1.82, 2.24) is 4.98 Å². The number of aromatic nitrogens is 1. The highest BCUT2D eigenvalue weighted by molar-refractivity contribution is 14.2. The van der Waals surface area contributed by atoms with Gasteiger partial charge >= 0.3 is 0 Å². The summed E-state index contributed by atoms with van der Waals surface area (Å²) in [5.41, 5.74) is 4.01. The van der Waals surface area contributed by atoms with Crippen LogP contribution in [0.25, 0.3) is 10.9 Å². The van der Waals surface area contributed by atoms with Crippen molar-refractivity contribution in [3.05, 3.63) is 80.6 Å². The van der Waals surface area contributed by atoms with Gasteiger partial charge in [0.05, 0.1) is 5.69 Å². The third-order valence-corrected chi connectivity index (χ3v) is 6.96. The lowest BCUT2D eigenvalue weighted by Crippen LogP contribution is -2.14. The number of nitrogens with zero attached hydrogens (tertiary/aromatic N) is 1. The van der Waals surface area contributed by atoms with Gasteiger partial charge in [-0.05, 0) is 49.2 Å². The lowest BCUT2D eigenvalue weighted by atomic mass is 9.98. The molecule has 1 unspecified atom stereocenters. The Bertz CT molecular complexity index is 1210. The van der Waals surface area contributed by atoms with E-state index in [2.05, 4.69) is 16.1 Å². The Hall–Kier alpha value is -2.67. The number of ketones is 2. The molecule has 146 valence electrons. The molecule has 1 aromatic heterocycles. The van der Waals surface area contributed by atoms with Crippen molar-refractivity contribution in [2.24, 2.45) is 0 Å². The molecule has 0 bridgehead atoms. The highest BCUT2D eigenvalue weighted by Gasteiger charge is 2.41. The predicted molar refractivity (Wildman–Crippen MR) is 124 cm³/mol. The second-order valence-corrected chi connectivity index (χ2v) is 9.18. The number of carbonyl (C=O) groups excluding carboxylic acids is 2. The summed E-state index contributed by atoms with van der Waals surface area (Å²) < 4.78 is 10.9. The number of halogens is 1. The molecule has 0 saturated heterocycles. The molecule has 2 aromatic carbocycles. The first-order valence-electron chi connectivity index (χ1n) is 9.19. The molecule has 1 heterocycles. The van der Waals surface area contributed by atoms with E-state index in [0.717, 1.165) is 20.1 Å². The van der Waals surface area contributed by atoms with Crippen molar-refractivity contribution in [3.63, 3.8) is 0 Å². The number of hydrogen-bond donors (Lipinski definition) is 0. The van der Waals surface area contributed by atoms with Gasteiger partial charge in [-0.25, -0.2) is 4.98 Å². The summed E-state index contributed by atoms with van der Waals surface area (Å²) in [6, 6.07) is 13.0. The van der Waals surface area contributed by atoms with Crippen LogP contribution in [0.2, 0.25) is 0 Å². The van der Waals surface area contributed by atoms with Crippen molar-refractivity contribution < 1.29 is 14.3 Å². The summed E-state index contributed by atoms with van der Waals surface area (Å²) in [4.78, 5) is 30.9. The molecule has 0 N–H and O–H groups in total. The number of benzene rings is 2. The minimum Gasteiger partial charge on any atom is -0.487 e. The Balaban J connectivity index is 1.79. The normalized spacial score (nSPS) is 15.6. The summed E-state index contributed by atoms with van der Waals surface area (Å²) in [6.07, 6.45) is 0. The highest BCUT2D eigenvalue weighted by atomic mass is 127. The van der Waals surface area contributed by atoms with Crippen LogP contribution in [0.1, 0.15) is 44.8 Å². The summed E-state index contributed by atoms with van der Waals surface area (Å²) in [5, 5.41) is 0.892. The van der Waals surface area contributed by atoms with Gasteiger partial charge in [-0.2, -0.15) is 0 Å². The summed E-state index contributed by atoms with van der Waals surface area (Å²) in [7, 11) is 0. The van der Waals surface area contributed by atoms with Gasteiger partial charge in [-0.3, -0.25) is 9.59 Å². The lowest BCUT2D eigenvalue weighted by molar-refractivity contribution is 0.0888. The Labute approximate surface area is 179 Å². The topological polar surface area (TPSA) is 56.3 Å². The van der Waals surface area contributed by atoms with E-state index < -0.39 is 26.6 Å². The van der Waals surface area contributed by atoms with Crippen molar-refractivity contribution in [2.75, 3.05) is 6.61 Å². The molecule has 4 nitrogen and oxygen atoms in total. The average Bonchev–Trinajstić information content (AvgIpc) is 2.94. The number of hydrogen-bond acceptors (Lipinski definition) is 4. The number of rotatable bonds is 5. The van der Waals surface area contributed by atoms with Gasteiger partial charge in [0.2, 0.25) is 0 Å². The Kier molecular flexibility index (Phi) is 5.17. The smallest absolute Gasteiger partial charge is 0.180 e. The van der Waals surface area contributed by atoms with Crippen LogP contribution in [0.15, 0.2) is 54.6 Å². The van der Waals surface area contributed by atoms with Gasteiger partial charge in [-0.1, -0.05) is 50.0 Å². The van der Waals surface area contributed by atoms with E-state index in [-0.39, 0.29) is 11.6 Å². The molecule has 3 aromatic rings.